The Morgan fingerprint density at radius 2 is 1.76 bits per heavy atom. The molecule has 0 saturated carbocycles. The number of unbranched alkanes of at least 4 members (excludes halogenated alkanes) is 4. The van der Waals surface area contributed by atoms with Gasteiger partial charge < -0.3 is 0 Å². The van der Waals surface area contributed by atoms with Gasteiger partial charge in [-0.3, -0.25) is 19.3 Å². The fourth-order valence-electron chi connectivity index (χ4n) is 2.17. The maximum Gasteiger partial charge on any atom is 0.240 e. The van der Waals surface area contributed by atoms with Gasteiger partial charge in [0.05, 0.1) is 12.3 Å². The molecule has 1 fully saturated rings. The summed E-state index contributed by atoms with van der Waals surface area (Å²) in [6.45, 7) is 4.01. The molecule has 6 nitrogen and oxygen atoms in total. The molecule has 0 aromatic rings. The number of rotatable bonds is 9. The Labute approximate surface area is 126 Å². The van der Waals surface area contributed by atoms with Gasteiger partial charge in [-0.1, -0.05) is 32.6 Å². The number of hydrogen-bond acceptors (Lipinski definition) is 4. The molecule has 0 spiro atoms. The average Bonchev–Trinajstić information content (AvgIpc) is 2.77. The molecular weight excluding hydrogens is 270 g/mol. The summed E-state index contributed by atoms with van der Waals surface area (Å²) in [6, 6.07) is 0. The van der Waals surface area contributed by atoms with Crippen LogP contribution in [0.5, 0.6) is 0 Å². The van der Waals surface area contributed by atoms with Crippen LogP contribution in [0.15, 0.2) is 5.10 Å². The van der Waals surface area contributed by atoms with E-state index in [-0.39, 0.29) is 37.1 Å². The predicted molar refractivity (Wildman–Crippen MR) is 80.6 cm³/mol. The Morgan fingerprint density at radius 1 is 1.14 bits per heavy atom. The van der Waals surface area contributed by atoms with Crippen LogP contribution in [0.25, 0.3) is 0 Å². The lowest BCUT2D eigenvalue weighted by atomic mass is 10.1. The zero-order valence-electron chi connectivity index (χ0n) is 13.0. The third-order valence-corrected chi connectivity index (χ3v) is 3.42. The van der Waals surface area contributed by atoms with Gasteiger partial charge in [-0.05, 0) is 13.3 Å². The molecule has 1 rings (SSSR count). The van der Waals surface area contributed by atoms with Crippen LogP contribution in [0.1, 0.15) is 65.2 Å². The summed E-state index contributed by atoms with van der Waals surface area (Å²) in [6.07, 6.45) is 6.48. The highest BCUT2D eigenvalue weighted by Gasteiger charge is 2.28. The number of amides is 3. The van der Waals surface area contributed by atoms with E-state index in [1.165, 1.54) is 17.7 Å². The molecule has 0 aromatic heterocycles. The van der Waals surface area contributed by atoms with Crippen LogP contribution in [0, 0.1) is 0 Å². The normalized spacial score (nSPS) is 15.7. The number of nitrogens with one attached hydrogen (secondary N) is 1. The molecule has 0 atom stereocenters. The number of imide groups is 1. The minimum atomic E-state index is -0.170. The Bertz CT molecular complexity index is 402. The van der Waals surface area contributed by atoms with E-state index < -0.39 is 0 Å². The Balaban J connectivity index is 2.23. The molecule has 0 bridgehead atoms. The molecule has 1 saturated heterocycles. The molecule has 21 heavy (non-hydrogen) atoms. The van der Waals surface area contributed by atoms with Crippen molar-refractivity contribution >= 4 is 23.4 Å². The third-order valence-electron chi connectivity index (χ3n) is 3.42. The number of hydrogen-bond donors (Lipinski definition) is 1. The molecule has 1 aliphatic heterocycles. The maximum atomic E-state index is 11.6. The minimum absolute atomic E-state index is 0.120. The fraction of sp³-hybridized carbons (Fsp3) is 0.733. The van der Waals surface area contributed by atoms with Gasteiger partial charge >= 0.3 is 0 Å². The first kappa shape index (κ1) is 17.3. The van der Waals surface area contributed by atoms with E-state index in [1.54, 1.807) is 6.92 Å². The van der Waals surface area contributed by atoms with E-state index >= 15 is 0 Å². The van der Waals surface area contributed by atoms with Crippen LogP contribution in [0.4, 0.5) is 0 Å². The number of carbonyl (C=O) groups excluding carboxylic acids is 3. The van der Waals surface area contributed by atoms with Crippen molar-refractivity contribution in [2.45, 2.75) is 65.2 Å². The highest BCUT2D eigenvalue weighted by Crippen LogP contribution is 2.11. The topological polar surface area (TPSA) is 78.8 Å². The Morgan fingerprint density at radius 3 is 2.38 bits per heavy atom. The Hall–Kier alpha value is -1.72. The van der Waals surface area contributed by atoms with Crippen molar-refractivity contribution in [3.05, 3.63) is 0 Å². The smallest absolute Gasteiger partial charge is 0.240 e. The van der Waals surface area contributed by atoms with Gasteiger partial charge in [0.25, 0.3) is 0 Å². The first-order chi connectivity index (χ1) is 10.0. The summed E-state index contributed by atoms with van der Waals surface area (Å²) in [4.78, 5) is 35.7. The van der Waals surface area contributed by atoms with Gasteiger partial charge in [-0.2, -0.15) is 5.10 Å². The van der Waals surface area contributed by atoms with E-state index in [1.807, 2.05) is 0 Å². The van der Waals surface area contributed by atoms with Crippen molar-refractivity contribution in [2.75, 3.05) is 6.54 Å². The zero-order valence-corrected chi connectivity index (χ0v) is 13.0. The highest BCUT2D eigenvalue weighted by molar-refractivity contribution is 6.05. The summed E-state index contributed by atoms with van der Waals surface area (Å²) in [5, 5.41) is 3.94. The molecule has 118 valence electrons. The minimum Gasteiger partial charge on any atom is -0.277 e. The van der Waals surface area contributed by atoms with Crippen LogP contribution < -0.4 is 5.43 Å². The molecule has 0 aliphatic carbocycles. The van der Waals surface area contributed by atoms with E-state index in [4.69, 9.17) is 0 Å². The molecule has 6 heteroatoms. The van der Waals surface area contributed by atoms with E-state index in [9.17, 15) is 14.4 Å². The standard InChI is InChI=1S/C15H25N3O3/c1-3-4-5-6-7-8-13(19)17-16-12(2)11-18-14(20)9-10-15(18)21/h3-11H2,1-2H3,(H,17,19)/b16-12-. The lowest BCUT2D eigenvalue weighted by Gasteiger charge is -2.13. The zero-order chi connectivity index (χ0) is 15.7. The molecule has 1 aliphatic rings. The number of carbonyl (C=O) groups is 3. The third kappa shape index (κ3) is 6.51. The van der Waals surface area contributed by atoms with Crippen LogP contribution >= 0.6 is 0 Å². The van der Waals surface area contributed by atoms with Crippen molar-refractivity contribution in [2.24, 2.45) is 5.10 Å². The first-order valence-electron chi connectivity index (χ1n) is 7.69. The largest absolute Gasteiger partial charge is 0.277 e. The van der Waals surface area contributed by atoms with Gasteiger partial charge in [0.2, 0.25) is 17.7 Å². The van der Waals surface area contributed by atoms with Crippen molar-refractivity contribution in [1.82, 2.24) is 10.3 Å². The average molecular weight is 295 g/mol. The van der Waals surface area contributed by atoms with Crippen molar-refractivity contribution in [3.63, 3.8) is 0 Å². The lowest BCUT2D eigenvalue weighted by Crippen LogP contribution is -2.34. The summed E-state index contributed by atoms with van der Waals surface area (Å²) < 4.78 is 0. The number of nitrogens with zero attached hydrogens (tertiary/aromatic N) is 2. The summed E-state index contributed by atoms with van der Waals surface area (Å²) >= 11 is 0. The fourth-order valence-corrected chi connectivity index (χ4v) is 2.17. The van der Waals surface area contributed by atoms with Crippen molar-refractivity contribution in [3.8, 4) is 0 Å². The Kier molecular flexibility index (Phi) is 7.64. The van der Waals surface area contributed by atoms with Gasteiger partial charge in [0.1, 0.15) is 0 Å². The summed E-state index contributed by atoms with van der Waals surface area (Å²) in [7, 11) is 0. The molecule has 0 radical (unpaired) electrons. The molecule has 1 heterocycles. The second-order valence-corrected chi connectivity index (χ2v) is 5.42. The molecular formula is C15H25N3O3. The molecule has 0 unspecified atom stereocenters. The van der Waals surface area contributed by atoms with E-state index in [0.717, 1.165) is 19.3 Å². The van der Waals surface area contributed by atoms with Gasteiger partial charge in [0.15, 0.2) is 0 Å². The molecule has 1 N–H and O–H groups in total. The first-order valence-corrected chi connectivity index (χ1v) is 7.69. The van der Waals surface area contributed by atoms with E-state index in [2.05, 4.69) is 17.5 Å². The molecule has 0 aromatic carbocycles. The van der Waals surface area contributed by atoms with Crippen LogP contribution in [0.3, 0.4) is 0 Å². The van der Waals surface area contributed by atoms with Gasteiger partial charge in [0, 0.05) is 19.3 Å². The summed E-state index contributed by atoms with van der Waals surface area (Å²) in [5.74, 6) is -0.460. The quantitative estimate of drug-likeness (QED) is 0.306. The van der Waals surface area contributed by atoms with Gasteiger partial charge in [-0.25, -0.2) is 5.43 Å². The van der Waals surface area contributed by atoms with Crippen LogP contribution in [0.2, 0.25) is 0 Å². The highest BCUT2D eigenvalue weighted by atomic mass is 16.2. The monoisotopic (exact) mass is 295 g/mol. The van der Waals surface area contributed by atoms with Crippen LogP contribution in [-0.2, 0) is 14.4 Å². The lowest BCUT2D eigenvalue weighted by molar-refractivity contribution is -0.137. The number of hydrazone groups is 1. The maximum absolute atomic E-state index is 11.6. The van der Waals surface area contributed by atoms with Crippen LogP contribution in [-0.4, -0.2) is 34.9 Å². The SMILES string of the molecule is CCCCCCCC(=O)N/N=C(/C)CN1C(=O)CCC1=O. The van der Waals surface area contributed by atoms with Gasteiger partial charge in [-0.15, -0.1) is 0 Å². The molecule has 3 amide bonds. The second kappa shape index (κ2) is 9.26. The van der Waals surface area contributed by atoms with Crippen molar-refractivity contribution < 1.29 is 14.4 Å². The van der Waals surface area contributed by atoms with Crippen molar-refractivity contribution in [1.29, 1.82) is 0 Å². The number of likely N-dealkylation sites (tertiary alicyclic amines) is 1. The summed E-state index contributed by atoms with van der Waals surface area (Å²) in [5.41, 5.74) is 3.03. The van der Waals surface area contributed by atoms with E-state index in [0.29, 0.717) is 12.1 Å². The second-order valence-electron chi connectivity index (χ2n) is 5.42. The predicted octanol–water partition coefficient (Wildman–Crippen LogP) is 1.99.